The molecule has 3 N–H and O–H groups in total. The molecule has 0 aromatic heterocycles. The van der Waals surface area contributed by atoms with Gasteiger partial charge in [-0.15, -0.1) is 0 Å². The molecule has 14 heteroatoms. The lowest BCUT2D eigenvalue weighted by Crippen LogP contribution is -2.60. The predicted molar refractivity (Wildman–Crippen MR) is 119 cm³/mol. The van der Waals surface area contributed by atoms with Gasteiger partial charge >= 0.3 is 18.7 Å². The molecule has 0 unspecified atom stereocenters. The smallest absolute Gasteiger partial charge is 0.345 e. The number of ether oxygens (including phenoxy) is 1. The molecule has 0 radical (unpaired) electrons. The molecule has 0 bridgehead atoms. The van der Waals surface area contributed by atoms with E-state index in [4.69, 9.17) is 0 Å². The van der Waals surface area contributed by atoms with Crippen molar-refractivity contribution in [3.8, 4) is 0 Å². The fourth-order valence-corrected chi connectivity index (χ4v) is 5.79. The summed E-state index contributed by atoms with van der Waals surface area (Å²) in [5.41, 5.74) is 0. The number of alkyl halides is 5. The first-order chi connectivity index (χ1) is 17.4. The third-order valence-corrected chi connectivity index (χ3v) is 7.52. The second-order valence-corrected chi connectivity index (χ2v) is 10.0. The lowest BCUT2D eigenvalue weighted by molar-refractivity contribution is -0.185. The lowest BCUT2D eigenvalue weighted by Gasteiger charge is -2.33. The van der Waals surface area contributed by atoms with Crippen LogP contribution in [-0.2, 0) is 23.9 Å². The molecule has 37 heavy (non-hydrogen) atoms. The van der Waals surface area contributed by atoms with E-state index in [1.54, 1.807) is 0 Å². The third-order valence-electron chi connectivity index (χ3n) is 7.52. The number of likely N-dealkylation sites (tertiary alicyclic amines) is 1. The first-order valence-corrected chi connectivity index (χ1v) is 12.5. The van der Waals surface area contributed by atoms with Crippen LogP contribution in [-0.4, -0.2) is 85.6 Å². The van der Waals surface area contributed by atoms with Crippen molar-refractivity contribution >= 4 is 24.0 Å². The van der Waals surface area contributed by atoms with Crippen LogP contribution in [0.5, 0.6) is 0 Å². The van der Waals surface area contributed by atoms with Crippen LogP contribution >= 0.6 is 0 Å². The average molecular weight is 541 g/mol. The van der Waals surface area contributed by atoms with Crippen molar-refractivity contribution in [3.63, 3.8) is 0 Å². The monoisotopic (exact) mass is 540 g/mol. The molecular weight excluding hydrogens is 507 g/mol. The second-order valence-electron chi connectivity index (χ2n) is 10.0. The van der Waals surface area contributed by atoms with Gasteiger partial charge in [-0.3, -0.25) is 14.4 Å². The van der Waals surface area contributed by atoms with Gasteiger partial charge in [0.2, 0.25) is 11.8 Å². The molecule has 1 saturated carbocycles. The maximum absolute atomic E-state index is 13.4. The summed E-state index contributed by atoms with van der Waals surface area (Å²) in [6.07, 6.45) is -2.33. The van der Waals surface area contributed by atoms with Gasteiger partial charge in [-0.05, 0) is 69.9 Å². The molecule has 0 spiro atoms. The van der Waals surface area contributed by atoms with E-state index in [-0.39, 0.29) is 24.3 Å². The zero-order valence-corrected chi connectivity index (χ0v) is 20.4. The van der Waals surface area contributed by atoms with E-state index in [2.05, 4.69) is 15.4 Å². The van der Waals surface area contributed by atoms with Crippen LogP contribution in [0.1, 0.15) is 45.4 Å². The summed E-state index contributed by atoms with van der Waals surface area (Å²) < 4.78 is 68.7. The van der Waals surface area contributed by atoms with E-state index in [9.17, 15) is 41.1 Å². The van der Waals surface area contributed by atoms with Crippen LogP contribution in [0.3, 0.4) is 0 Å². The number of amides is 3. The Morgan fingerprint density at radius 3 is 2.46 bits per heavy atom. The normalized spacial score (nSPS) is 28.4. The summed E-state index contributed by atoms with van der Waals surface area (Å²) in [5.74, 6) is -4.51. The fraction of sp³-hybridized carbons (Fsp3) is 0.826. The topological polar surface area (TPSA) is 117 Å². The number of carbonyl (C=O) groups is 4. The fourth-order valence-electron chi connectivity index (χ4n) is 5.79. The van der Waals surface area contributed by atoms with E-state index in [0.29, 0.717) is 32.1 Å². The summed E-state index contributed by atoms with van der Waals surface area (Å²) in [5, 5.41) is 7.36. The Morgan fingerprint density at radius 2 is 1.86 bits per heavy atom. The number of nitrogens with one attached hydrogen (secondary N) is 3. The van der Waals surface area contributed by atoms with Gasteiger partial charge in [0.05, 0.1) is 12.1 Å². The molecule has 9 nitrogen and oxygen atoms in total. The van der Waals surface area contributed by atoms with Gasteiger partial charge in [-0.1, -0.05) is 6.42 Å². The van der Waals surface area contributed by atoms with E-state index in [1.165, 1.54) is 5.32 Å². The van der Waals surface area contributed by atoms with Crippen molar-refractivity contribution in [2.24, 2.45) is 17.8 Å². The third kappa shape index (κ3) is 7.37. The van der Waals surface area contributed by atoms with E-state index in [1.807, 2.05) is 0 Å². The summed E-state index contributed by atoms with van der Waals surface area (Å²) in [7, 11) is 0. The Labute approximate surface area is 211 Å². The number of halogens is 5. The average Bonchev–Trinajstić information content (AvgIpc) is 3.42. The van der Waals surface area contributed by atoms with Crippen molar-refractivity contribution in [2.75, 3.05) is 19.6 Å². The van der Waals surface area contributed by atoms with Crippen molar-refractivity contribution in [1.29, 1.82) is 0 Å². The molecule has 2 heterocycles. The van der Waals surface area contributed by atoms with Gasteiger partial charge in [0.1, 0.15) is 18.4 Å². The zero-order chi connectivity index (χ0) is 27.3. The Bertz CT molecular complexity index is 839. The van der Waals surface area contributed by atoms with Gasteiger partial charge in [0, 0.05) is 6.54 Å². The number of hydrogen-bond donors (Lipinski definition) is 3. The van der Waals surface area contributed by atoms with Crippen molar-refractivity contribution in [2.45, 2.75) is 82.5 Å². The Kier molecular flexibility index (Phi) is 9.84. The summed E-state index contributed by atoms with van der Waals surface area (Å²) in [6.45, 7) is -0.886. The predicted octanol–water partition coefficient (Wildman–Crippen LogP) is 1.36. The van der Waals surface area contributed by atoms with Gasteiger partial charge in [-0.25, -0.2) is 0 Å². The molecule has 7 atom stereocenters. The number of aldehydes is 1. The molecule has 0 aromatic carbocycles. The highest BCUT2D eigenvalue weighted by Gasteiger charge is 2.52. The molecule has 3 rings (SSSR count). The van der Waals surface area contributed by atoms with E-state index in [0.717, 1.165) is 37.6 Å². The molecule has 1 aliphatic carbocycles. The van der Waals surface area contributed by atoms with Crippen molar-refractivity contribution in [1.82, 2.24) is 20.9 Å². The molecule has 2 aliphatic heterocycles. The Hall–Kier alpha value is -2.35. The number of fused-ring (bicyclic) bond motifs is 1. The first-order valence-electron chi connectivity index (χ1n) is 12.5. The summed E-state index contributed by atoms with van der Waals surface area (Å²) in [6, 6.07) is -4.04. The van der Waals surface area contributed by atoms with Crippen LogP contribution in [0.25, 0.3) is 0 Å². The highest BCUT2D eigenvalue weighted by atomic mass is 19.4. The minimum absolute atomic E-state index is 0.0136. The van der Waals surface area contributed by atoms with Crippen LogP contribution < -0.4 is 16.0 Å². The molecule has 210 valence electrons. The number of carbonyl (C=O) groups excluding carboxylic acids is 4. The molecule has 2 saturated heterocycles. The first kappa shape index (κ1) is 29.2. The van der Waals surface area contributed by atoms with Gasteiger partial charge < -0.3 is 30.4 Å². The van der Waals surface area contributed by atoms with Gasteiger partial charge in [0.25, 0.3) is 0 Å². The van der Waals surface area contributed by atoms with Crippen LogP contribution in [0.15, 0.2) is 0 Å². The second kappa shape index (κ2) is 12.5. The number of rotatable bonds is 10. The van der Waals surface area contributed by atoms with Crippen LogP contribution in [0.4, 0.5) is 22.0 Å². The Balaban J connectivity index is 1.80. The standard InChI is InChI=1S/C23H33F5N4O5/c1-12(37-22(24)25)17(31-21(36)23(26,27)28)20(35)32-10-14-5-2-6-16(14)18(32)19(34)30-15(11-33)8-13-4-3-7-29-9-13/h11-18,22,29H,2-10H2,1H3,(H,30,34)(H,31,36)/t12-,13+,14+,15+,16+,17+,18+/m1/s1. The SMILES string of the molecule is C[C@@H](OC(F)F)[C@H](NC(=O)C(F)(F)F)C(=O)N1C[C@@H]2CCC[C@@H]2[C@H]1C(=O)N[C@H](C=O)C[C@@H]1CCCNC1. The van der Waals surface area contributed by atoms with Crippen LogP contribution in [0.2, 0.25) is 0 Å². The van der Waals surface area contributed by atoms with E-state index >= 15 is 0 Å². The van der Waals surface area contributed by atoms with Gasteiger partial charge in [-0.2, -0.15) is 22.0 Å². The Morgan fingerprint density at radius 1 is 1.14 bits per heavy atom. The number of nitrogens with zero attached hydrogens (tertiary/aromatic N) is 1. The molecular formula is C23H33F5N4O5. The summed E-state index contributed by atoms with van der Waals surface area (Å²) in [4.78, 5) is 51.1. The van der Waals surface area contributed by atoms with E-state index < -0.39 is 54.7 Å². The van der Waals surface area contributed by atoms with Crippen molar-refractivity contribution < 1.29 is 45.9 Å². The minimum atomic E-state index is -5.37. The zero-order valence-electron chi connectivity index (χ0n) is 20.4. The maximum atomic E-state index is 13.4. The quantitative estimate of drug-likeness (QED) is 0.285. The largest absolute Gasteiger partial charge is 0.471 e. The molecule has 0 aromatic rings. The minimum Gasteiger partial charge on any atom is -0.345 e. The highest BCUT2D eigenvalue weighted by Crippen LogP contribution is 2.42. The van der Waals surface area contributed by atoms with Crippen molar-refractivity contribution in [3.05, 3.63) is 0 Å². The highest BCUT2D eigenvalue weighted by molar-refractivity contribution is 5.94. The number of hydrogen-bond acceptors (Lipinski definition) is 6. The molecule has 3 fully saturated rings. The number of piperidine rings is 1. The van der Waals surface area contributed by atoms with Crippen LogP contribution in [0, 0.1) is 17.8 Å². The maximum Gasteiger partial charge on any atom is 0.471 e. The molecule has 3 aliphatic rings. The lowest BCUT2D eigenvalue weighted by atomic mass is 9.91. The van der Waals surface area contributed by atoms with Gasteiger partial charge in [0.15, 0.2) is 0 Å². The summed E-state index contributed by atoms with van der Waals surface area (Å²) >= 11 is 0. The molecule has 3 amide bonds.